The number of nitrogens with one attached hydrogen (secondary N) is 4. The van der Waals surface area contributed by atoms with E-state index in [-0.39, 0.29) is 59.6 Å². The summed E-state index contributed by atoms with van der Waals surface area (Å²) in [5, 5.41) is 5.74. The third-order valence-corrected chi connectivity index (χ3v) is 11.8. The van der Waals surface area contributed by atoms with Gasteiger partial charge in [-0.3, -0.25) is 19.2 Å². The topological polar surface area (TPSA) is 156 Å². The molecule has 4 aromatic rings. The Morgan fingerprint density at radius 3 is 1.28 bits per heavy atom. The van der Waals surface area contributed by atoms with Crippen LogP contribution in [0.3, 0.4) is 0 Å². The summed E-state index contributed by atoms with van der Waals surface area (Å²) in [5.74, 6) is 2.05. The van der Waals surface area contributed by atoms with Gasteiger partial charge < -0.3 is 30.4 Å². The molecule has 12 heteroatoms. The second-order valence-corrected chi connectivity index (χ2v) is 16.5. The number of rotatable bonds is 11. The Balaban J connectivity index is 0.936. The Morgan fingerprint density at radius 2 is 0.944 bits per heavy atom. The lowest BCUT2D eigenvalue weighted by Crippen LogP contribution is -2.51. The summed E-state index contributed by atoms with van der Waals surface area (Å²) in [7, 11) is 0. The first-order valence-corrected chi connectivity index (χ1v) is 19.4. The fourth-order valence-electron chi connectivity index (χ4n) is 8.81. The summed E-state index contributed by atoms with van der Waals surface area (Å²) in [4.78, 5) is 71.6. The van der Waals surface area contributed by atoms with E-state index < -0.39 is 12.1 Å². The molecule has 2 aliphatic heterocycles. The van der Waals surface area contributed by atoms with Crippen LogP contribution in [0.4, 0.5) is 0 Å². The first-order chi connectivity index (χ1) is 25.9. The molecule has 54 heavy (non-hydrogen) atoms. The van der Waals surface area contributed by atoms with Crippen LogP contribution >= 0.6 is 0 Å². The van der Waals surface area contributed by atoms with Gasteiger partial charge in [0.15, 0.2) is 0 Å². The van der Waals surface area contributed by atoms with Crippen molar-refractivity contribution in [1.82, 2.24) is 40.4 Å². The Bertz CT molecular complexity index is 1920. The number of aromatic amines is 2. The summed E-state index contributed by atoms with van der Waals surface area (Å²) in [6, 6.07) is 15.8. The zero-order valence-electron chi connectivity index (χ0n) is 31.8. The molecule has 0 unspecified atom stereocenters. The van der Waals surface area contributed by atoms with Crippen LogP contribution in [0.25, 0.3) is 33.6 Å². The molecular weight excluding hydrogens is 681 g/mol. The van der Waals surface area contributed by atoms with Gasteiger partial charge in [0.05, 0.1) is 35.9 Å². The minimum absolute atomic E-state index is 0.0154. The quantitative estimate of drug-likeness (QED) is 0.153. The fourth-order valence-corrected chi connectivity index (χ4v) is 8.81. The van der Waals surface area contributed by atoms with Crippen molar-refractivity contribution >= 4 is 23.6 Å². The van der Waals surface area contributed by atoms with E-state index in [0.29, 0.717) is 11.8 Å². The summed E-state index contributed by atoms with van der Waals surface area (Å²) in [6.07, 6.45) is 7.45. The van der Waals surface area contributed by atoms with Crippen molar-refractivity contribution in [2.75, 3.05) is 0 Å². The van der Waals surface area contributed by atoms with Crippen LogP contribution in [-0.2, 0) is 19.2 Å². The monoisotopic (exact) mass is 730 g/mol. The molecule has 4 N–H and O–H groups in total. The van der Waals surface area contributed by atoms with Gasteiger partial charge in [-0.05, 0) is 71.6 Å². The molecule has 12 nitrogen and oxygen atoms in total. The van der Waals surface area contributed by atoms with Gasteiger partial charge in [-0.1, -0.05) is 76.2 Å². The number of benzene rings is 2. The van der Waals surface area contributed by atoms with Crippen molar-refractivity contribution < 1.29 is 19.2 Å². The van der Waals surface area contributed by atoms with Crippen LogP contribution in [0.5, 0.6) is 0 Å². The Labute approximate surface area is 315 Å². The van der Waals surface area contributed by atoms with Crippen molar-refractivity contribution in [1.29, 1.82) is 0 Å². The largest absolute Gasteiger partial charge is 0.344 e. The highest BCUT2D eigenvalue weighted by Gasteiger charge is 2.57. The summed E-state index contributed by atoms with van der Waals surface area (Å²) >= 11 is 0. The molecular formula is C42H50N8O4. The maximum Gasteiger partial charge on any atom is 0.246 e. The van der Waals surface area contributed by atoms with E-state index in [0.717, 1.165) is 71.0 Å². The zero-order valence-corrected chi connectivity index (χ0v) is 31.8. The van der Waals surface area contributed by atoms with Crippen molar-refractivity contribution in [3.05, 3.63) is 72.6 Å². The Kier molecular flexibility index (Phi) is 9.18. The first-order valence-electron chi connectivity index (χ1n) is 19.4. The molecule has 4 amide bonds. The van der Waals surface area contributed by atoms with Crippen molar-refractivity contribution in [2.45, 2.75) is 103 Å². The molecule has 8 atom stereocenters. The molecule has 2 saturated carbocycles. The average molecular weight is 731 g/mol. The number of nitrogens with zero attached hydrogens (tertiary/aromatic N) is 4. The van der Waals surface area contributed by atoms with Crippen molar-refractivity contribution in [3.63, 3.8) is 0 Å². The zero-order chi connectivity index (χ0) is 38.0. The number of piperidine rings is 2. The second-order valence-electron chi connectivity index (χ2n) is 16.5. The van der Waals surface area contributed by atoms with E-state index in [2.05, 4.69) is 69.1 Å². The standard InChI is InChI=1S/C42H50N8O4/c1-21(2)37(45-23(5)51)41(53)49-33-15-29(33)17-35(49)39-43-19-31(47-39)27-11-7-25(8-12-27)26-9-13-28(14-10-26)32-20-44-40(48-32)36-18-30-16-34(30)50(36)42(54)38(22(3)4)46-24(6)52/h7-14,19-22,29-30,33-38H,15-18H2,1-6H3,(H,43,47)(H,44,48)(H,45,51)(H,46,52)/t29-,30+,33-,34-,35+,36+,37-,38-/m1/s1. The van der Waals surface area contributed by atoms with Crippen LogP contribution in [0.15, 0.2) is 60.9 Å². The fraction of sp³-hybridized carbons (Fsp3) is 0.476. The number of hydrogen-bond donors (Lipinski definition) is 4. The smallest absolute Gasteiger partial charge is 0.246 e. The third kappa shape index (κ3) is 6.71. The van der Waals surface area contributed by atoms with E-state index in [4.69, 9.17) is 9.97 Å². The third-order valence-electron chi connectivity index (χ3n) is 11.8. The van der Waals surface area contributed by atoms with E-state index in [1.54, 1.807) is 0 Å². The number of hydrogen-bond acceptors (Lipinski definition) is 6. The number of fused-ring (bicyclic) bond motifs is 2. The molecule has 4 aliphatic rings. The van der Waals surface area contributed by atoms with Crippen LogP contribution < -0.4 is 10.6 Å². The second kappa shape index (κ2) is 13.9. The molecule has 0 spiro atoms. The molecule has 4 heterocycles. The number of imidazole rings is 2. The van der Waals surface area contributed by atoms with Gasteiger partial charge >= 0.3 is 0 Å². The van der Waals surface area contributed by atoms with E-state index >= 15 is 0 Å². The lowest BCUT2D eigenvalue weighted by Gasteiger charge is -2.32. The highest BCUT2D eigenvalue weighted by Crippen LogP contribution is 2.54. The molecule has 2 saturated heterocycles. The van der Waals surface area contributed by atoms with Gasteiger partial charge in [0, 0.05) is 25.9 Å². The number of aromatic nitrogens is 4. The predicted octanol–water partition coefficient (Wildman–Crippen LogP) is 5.78. The lowest BCUT2D eigenvalue weighted by atomic mass is 10.0. The highest BCUT2D eigenvalue weighted by molar-refractivity contribution is 5.89. The van der Waals surface area contributed by atoms with Gasteiger partial charge in [-0.15, -0.1) is 0 Å². The minimum Gasteiger partial charge on any atom is -0.344 e. The number of carbonyl (C=O) groups is 4. The van der Waals surface area contributed by atoms with Gasteiger partial charge in [-0.2, -0.15) is 0 Å². The van der Waals surface area contributed by atoms with E-state index in [1.165, 1.54) is 13.8 Å². The maximum absolute atomic E-state index is 13.7. The highest BCUT2D eigenvalue weighted by atomic mass is 16.2. The van der Waals surface area contributed by atoms with Crippen LogP contribution in [0.1, 0.15) is 91.0 Å². The van der Waals surface area contributed by atoms with Crippen molar-refractivity contribution in [3.8, 4) is 33.6 Å². The molecule has 2 aromatic heterocycles. The number of amides is 4. The van der Waals surface area contributed by atoms with Gasteiger partial charge in [0.25, 0.3) is 0 Å². The molecule has 282 valence electrons. The number of carbonyl (C=O) groups excluding carboxylic acids is 4. The van der Waals surface area contributed by atoms with Gasteiger partial charge in [0.1, 0.15) is 23.7 Å². The summed E-state index contributed by atoms with van der Waals surface area (Å²) < 4.78 is 0. The molecule has 0 bridgehead atoms. The van der Waals surface area contributed by atoms with E-state index in [1.807, 2.05) is 49.9 Å². The van der Waals surface area contributed by atoms with Crippen LogP contribution in [-0.4, -0.2) is 77.5 Å². The normalized spacial score (nSPS) is 25.0. The molecule has 4 fully saturated rings. The Morgan fingerprint density at radius 1 is 0.593 bits per heavy atom. The van der Waals surface area contributed by atoms with Gasteiger partial charge in [0.2, 0.25) is 23.6 Å². The van der Waals surface area contributed by atoms with Crippen molar-refractivity contribution in [2.24, 2.45) is 23.7 Å². The molecule has 2 aliphatic carbocycles. The lowest BCUT2D eigenvalue weighted by molar-refractivity contribution is -0.139. The van der Waals surface area contributed by atoms with Crippen LogP contribution in [0, 0.1) is 23.7 Å². The maximum atomic E-state index is 13.7. The molecule has 0 radical (unpaired) electrons. The average Bonchev–Trinajstić information content (AvgIpc) is 3.74. The van der Waals surface area contributed by atoms with Crippen LogP contribution in [0.2, 0.25) is 0 Å². The number of likely N-dealkylation sites (tertiary alicyclic amines) is 2. The summed E-state index contributed by atoms with van der Waals surface area (Å²) in [5.41, 5.74) is 5.97. The molecule has 2 aromatic carbocycles. The minimum atomic E-state index is -0.552. The summed E-state index contributed by atoms with van der Waals surface area (Å²) in [6.45, 7) is 10.8. The van der Waals surface area contributed by atoms with E-state index in [9.17, 15) is 19.2 Å². The Hall–Kier alpha value is -5.26. The predicted molar refractivity (Wildman–Crippen MR) is 204 cm³/mol. The SMILES string of the molecule is CC(=O)N[C@@H](C(=O)N1[C@@H]2C[C@@H]2C[C@H]1c1ncc(-c2ccc(-c3ccc(-c4cnc([C@@H]5C[C@@H]6C[C@H]6N5C(=O)[C@H](NC(C)=O)C(C)C)[nH]4)cc3)cc2)[nH]1)C(C)C. The first kappa shape index (κ1) is 35.8. The van der Waals surface area contributed by atoms with Gasteiger partial charge in [-0.25, -0.2) is 9.97 Å². The molecule has 8 rings (SSSR count). The number of H-pyrrole nitrogens is 2.